The van der Waals surface area contributed by atoms with E-state index in [0.29, 0.717) is 17.1 Å². The highest BCUT2D eigenvalue weighted by Gasteiger charge is 2.38. The fourth-order valence-corrected chi connectivity index (χ4v) is 6.21. The van der Waals surface area contributed by atoms with Crippen molar-refractivity contribution in [2.24, 2.45) is 11.8 Å². The first-order valence-electron chi connectivity index (χ1n) is 14.1. The first-order chi connectivity index (χ1) is 18.0. The molecule has 4 atom stereocenters. The van der Waals surface area contributed by atoms with E-state index < -0.39 is 0 Å². The van der Waals surface area contributed by atoms with Crippen molar-refractivity contribution in [3.8, 4) is 0 Å². The molecule has 0 bridgehead atoms. The van der Waals surface area contributed by atoms with Crippen LogP contribution in [0.5, 0.6) is 0 Å². The van der Waals surface area contributed by atoms with Gasteiger partial charge in [0.25, 0.3) is 0 Å². The lowest BCUT2D eigenvalue weighted by Crippen LogP contribution is -2.47. The standard InChI is InChI=1S/C31H43ClN2O3/c1-33-19-10-20-34(21-24-11-6-5-7-12-24)22-28(27-13-8-3-2-4-9-14-29(27)35)30(23-33)37-31(36)25-15-17-26(32)18-16-25/h5-7,11-12,15-18,27-30,35H,2-4,8-10,13-14,19-23H2,1H3. The van der Waals surface area contributed by atoms with Crippen LogP contribution in [-0.4, -0.2) is 66.3 Å². The molecule has 5 nitrogen and oxygen atoms in total. The summed E-state index contributed by atoms with van der Waals surface area (Å²) in [5, 5.41) is 12.0. The maximum Gasteiger partial charge on any atom is 0.338 e. The first kappa shape index (κ1) is 28.1. The Morgan fingerprint density at radius 2 is 1.59 bits per heavy atom. The van der Waals surface area contributed by atoms with Gasteiger partial charge in [0.15, 0.2) is 0 Å². The van der Waals surface area contributed by atoms with Gasteiger partial charge in [0.05, 0.1) is 11.7 Å². The van der Waals surface area contributed by atoms with Gasteiger partial charge in [-0.1, -0.05) is 74.0 Å². The quantitative estimate of drug-likeness (QED) is 0.481. The number of aliphatic hydroxyl groups is 1. The third-order valence-electron chi connectivity index (χ3n) is 8.12. The fraction of sp³-hybridized carbons (Fsp3) is 0.581. The fourth-order valence-electron chi connectivity index (χ4n) is 6.09. The van der Waals surface area contributed by atoms with Crippen molar-refractivity contribution in [1.29, 1.82) is 0 Å². The topological polar surface area (TPSA) is 53.0 Å². The number of hydrogen-bond acceptors (Lipinski definition) is 5. The van der Waals surface area contributed by atoms with E-state index in [1.807, 2.05) is 0 Å². The molecule has 2 aromatic rings. The van der Waals surface area contributed by atoms with E-state index in [4.69, 9.17) is 16.3 Å². The minimum atomic E-state index is -0.371. The highest BCUT2D eigenvalue weighted by molar-refractivity contribution is 6.30. The summed E-state index contributed by atoms with van der Waals surface area (Å²) >= 11 is 6.06. The highest BCUT2D eigenvalue weighted by atomic mass is 35.5. The summed E-state index contributed by atoms with van der Waals surface area (Å²) in [5.74, 6) is -0.161. The van der Waals surface area contributed by atoms with Gasteiger partial charge in [-0.15, -0.1) is 0 Å². The Balaban J connectivity index is 1.63. The van der Waals surface area contributed by atoms with Crippen LogP contribution in [0, 0.1) is 11.8 Å². The maximum atomic E-state index is 13.3. The Kier molecular flexibility index (Phi) is 10.9. The third kappa shape index (κ3) is 8.54. The minimum Gasteiger partial charge on any atom is -0.457 e. The van der Waals surface area contributed by atoms with Crippen molar-refractivity contribution in [2.45, 2.75) is 70.1 Å². The summed E-state index contributed by atoms with van der Waals surface area (Å²) in [4.78, 5) is 18.1. The Labute approximate surface area is 227 Å². The maximum absolute atomic E-state index is 13.3. The number of ether oxygens (including phenoxy) is 1. The lowest BCUT2D eigenvalue weighted by Gasteiger charge is -2.39. The Bertz CT molecular complexity index is 955. The van der Waals surface area contributed by atoms with Crippen LogP contribution in [0.4, 0.5) is 0 Å². The summed E-state index contributed by atoms with van der Waals surface area (Å²) in [5.41, 5.74) is 1.81. The molecule has 1 heterocycles. The second-order valence-electron chi connectivity index (χ2n) is 11.0. The number of esters is 1. The summed E-state index contributed by atoms with van der Waals surface area (Å²) in [6.45, 7) is 4.27. The molecule has 0 aromatic heterocycles. The first-order valence-corrected chi connectivity index (χ1v) is 14.5. The Morgan fingerprint density at radius 1 is 0.892 bits per heavy atom. The number of hydrogen-bond donors (Lipinski definition) is 1. The zero-order chi connectivity index (χ0) is 26.0. The Hall–Kier alpha value is -1.92. The molecule has 1 saturated carbocycles. The largest absolute Gasteiger partial charge is 0.457 e. The number of nitrogens with zero attached hydrogens (tertiary/aromatic N) is 2. The van der Waals surface area contributed by atoms with Crippen LogP contribution in [0.25, 0.3) is 0 Å². The number of likely N-dealkylation sites (N-methyl/N-ethyl adjacent to an activating group) is 1. The molecule has 0 spiro atoms. The zero-order valence-corrected chi connectivity index (χ0v) is 23.0. The predicted octanol–water partition coefficient (Wildman–Crippen LogP) is 6.04. The van der Waals surface area contributed by atoms with E-state index in [2.05, 4.69) is 47.2 Å². The minimum absolute atomic E-state index is 0.0496. The number of benzene rings is 2. The smallest absolute Gasteiger partial charge is 0.338 e. The van der Waals surface area contributed by atoms with Crippen molar-refractivity contribution >= 4 is 17.6 Å². The molecule has 2 aliphatic rings. The van der Waals surface area contributed by atoms with Crippen molar-refractivity contribution in [1.82, 2.24) is 9.80 Å². The van der Waals surface area contributed by atoms with Gasteiger partial charge in [-0.2, -0.15) is 0 Å². The molecule has 6 heteroatoms. The SMILES string of the molecule is CN1CCCN(Cc2ccccc2)CC(C2CCCCCCCC2O)C(OC(=O)c2ccc(Cl)cc2)C1. The summed E-state index contributed by atoms with van der Waals surface area (Å²) in [6.07, 6.45) is 8.00. The van der Waals surface area contributed by atoms with E-state index in [0.717, 1.165) is 58.3 Å². The summed E-state index contributed by atoms with van der Waals surface area (Å²) < 4.78 is 6.33. The van der Waals surface area contributed by atoms with Gasteiger partial charge in [-0.25, -0.2) is 4.79 Å². The molecule has 4 unspecified atom stereocenters. The molecule has 2 aromatic carbocycles. The molecule has 4 rings (SSSR count). The second kappa shape index (κ2) is 14.3. The molecule has 2 fully saturated rings. The van der Waals surface area contributed by atoms with Crippen molar-refractivity contribution in [3.63, 3.8) is 0 Å². The summed E-state index contributed by atoms with van der Waals surface area (Å²) in [7, 11) is 2.12. The van der Waals surface area contributed by atoms with Gasteiger partial charge in [-0.05, 0) is 75.1 Å². The van der Waals surface area contributed by atoms with Crippen molar-refractivity contribution in [3.05, 3.63) is 70.7 Å². The monoisotopic (exact) mass is 526 g/mol. The van der Waals surface area contributed by atoms with E-state index in [1.165, 1.54) is 24.8 Å². The van der Waals surface area contributed by atoms with Gasteiger partial charge >= 0.3 is 5.97 Å². The van der Waals surface area contributed by atoms with Gasteiger partial charge < -0.3 is 14.7 Å². The molecule has 37 heavy (non-hydrogen) atoms. The lowest BCUT2D eigenvalue weighted by molar-refractivity contribution is -0.0406. The van der Waals surface area contributed by atoms with Crippen LogP contribution < -0.4 is 0 Å². The third-order valence-corrected chi connectivity index (χ3v) is 8.37. The predicted molar refractivity (Wildman–Crippen MR) is 150 cm³/mol. The van der Waals surface area contributed by atoms with Crippen molar-refractivity contribution in [2.75, 3.05) is 33.2 Å². The number of carbonyl (C=O) groups is 1. The van der Waals surface area contributed by atoms with Gasteiger partial charge in [0.1, 0.15) is 6.10 Å². The summed E-state index contributed by atoms with van der Waals surface area (Å²) in [6, 6.07) is 17.5. The van der Waals surface area contributed by atoms with E-state index in [9.17, 15) is 9.90 Å². The molecule has 1 aliphatic heterocycles. The molecule has 0 radical (unpaired) electrons. The molecule has 1 aliphatic carbocycles. The van der Waals surface area contributed by atoms with Gasteiger partial charge in [-0.3, -0.25) is 4.90 Å². The second-order valence-corrected chi connectivity index (χ2v) is 11.5. The van der Waals surface area contributed by atoms with E-state index >= 15 is 0 Å². The van der Waals surface area contributed by atoms with Crippen LogP contribution >= 0.6 is 11.6 Å². The molecular weight excluding hydrogens is 484 g/mol. The van der Waals surface area contributed by atoms with Crippen LogP contribution in [0.15, 0.2) is 54.6 Å². The van der Waals surface area contributed by atoms with Crippen LogP contribution in [0.2, 0.25) is 5.02 Å². The van der Waals surface area contributed by atoms with Crippen LogP contribution in [0.3, 0.4) is 0 Å². The van der Waals surface area contributed by atoms with Crippen LogP contribution in [-0.2, 0) is 11.3 Å². The zero-order valence-electron chi connectivity index (χ0n) is 22.2. The van der Waals surface area contributed by atoms with Crippen molar-refractivity contribution < 1.29 is 14.6 Å². The molecule has 202 valence electrons. The normalized spacial score (nSPS) is 27.1. The van der Waals surface area contributed by atoms with E-state index in [-0.39, 0.29) is 30.0 Å². The lowest BCUT2D eigenvalue weighted by atomic mass is 9.78. The molecule has 0 amide bonds. The molecule has 1 N–H and O–H groups in total. The highest BCUT2D eigenvalue weighted by Crippen LogP contribution is 2.34. The number of aliphatic hydroxyl groups excluding tert-OH is 1. The average molecular weight is 527 g/mol. The Morgan fingerprint density at radius 3 is 2.35 bits per heavy atom. The number of halogens is 1. The van der Waals surface area contributed by atoms with Crippen LogP contribution in [0.1, 0.15) is 67.3 Å². The number of rotatable bonds is 5. The number of carbonyl (C=O) groups excluding carboxylic acids is 1. The average Bonchev–Trinajstić information content (AvgIpc) is 3.03. The van der Waals surface area contributed by atoms with Gasteiger partial charge in [0, 0.05) is 30.6 Å². The molecule has 1 saturated heterocycles. The van der Waals surface area contributed by atoms with E-state index in [1.54, 1.807) is 24.3 Å². The molecular formula is C31H43ClN2O3. The van der Waals surface area contributed by atoms with Gasteiger partial charge in [0.2, 0.25) is 0 Å².